The molecular formula is C9H12N2O3S. The number of anilines is 1. The maximum Gasteiger partial charge on any atom is 0.326 e. The van der Waals surface area contributed by atoms with Gasteiger partial charge < -0.3 is 5.32 Å². The van der Waals surface area contributed by atoms with E-state index in [0.717, 1.165) is 11.3 Å². The van der Waals surface area contributed by atoms with Gasteiger partial charge in [0, 0.05) is 11.8 Å². The highest BCUT2D eigenvalue weighted by Crippen LogP contribution is 2.26. The van der Waals surface area contributed by atoms with Crippen molar-refractivity contribution in [2.45, 2.75) is 20.3 Å². The zero-order valence-electron chi connectivity index (χ0n) is 8.52. The van der Waals surface area contributed by atoms with Crippen LogP contribution >= 0.6 is 11.3 Å². The molecule has 0 radical (unpaired) electrons. The van der Waals surface area contributed by atoms with E-state index in [9.17, 15) is 14.9 Å². The number of amides is 1. The fourth-order valence-corrected chi connectivity index (χ4v) is 1.72. The first kappa shape index (κ1) is 11.6. The molecule has 15 heavy (non-hydrogen) atoms. The molecule has 1 aromatic heterocycles. The zero-order chi connectivity index (χ0) is 11.4. The van der Waals surface area contributed by atoms with E-state index >= 15 is 0 Å². The second-order valence-electron chi connectivity index (χ2n) is 3.58. The average molecular weight is 228 g/mol. The summed E-state index contributed by atoms with van der Waals surface area (Å²) >= 11 is 1.00. The molecule has 0 unspecified atom stereocenters. The van der Waals surface area contributed by atoms with Crippen LogP contribution in [-0.2, 0) is 4.79 Å². The quantitative estimate of drug-likeness (QED) is 0.636. The molecular weight excluding hydrogens is 216 g/mol. The number of nitro groups is 1. The summed E-state index contributed by atoms with van der Waals surface area (Å²) < 4.78 is 0. The van der Waals surface area contributed by atoms with Crippen molar-refractivity contribution >= 4 is 27.9 Å². The second kappa shape index (κ2) is 4.88. The lowest BCUT2D eigenvalue weighted by molar-refractivity contribution is -0.380. The molecule has 1 aromatic rings. The first-order valence-corrected chi connectivity index (χ1v) is 5.39. The molecule has 82 valence electrons. The van der Waals surface area contributed by atoms with Crippen LogP contribution in [0.5, 0.6) is 0 Å². The lowest BCUT2D eigenvalue weighted by atomic mass is 10.1. The summed E-state index contributed by atoms with van der Waals surface area (Å²) in [6, 6.07) is 1.36. The van der Waals surface area contributed by atoms with E-state index in [4.69, 9.17) is 0 Å². The monoisotopic (exact) mass is 228 g/mol. The summed E-state index contributed by atoms with van der Waals surface area (Å²) in [5.41, 5.74) is 0.498. The van der Waals surface area contributed by atoms with E-state index in [1.807, 2.05) is 13.8 Å². The maximum absolute atomic E-state index is 11.3. The Kier molecular flexibility index (Phi) is 3.79. The average Bonchev–Trinajstić information content (AvgIpc) is 2.50. The summed E-state index contributed by atoms with van der Waals surface area (Å²) in [6.07, 6.45) is 0.420. The number of nitrogens with one attached hydrogen (secondary N) is 1. The summed E-state index contributed by atoms with van der Waals surface area (Å²) in [5, 5.41) is 14.6. The molecule has 0 atom stereocenters. The molecule has 0 bridgehead atoms. The summed E-state index contributed by atoms with van der Waals surface area (Å²) in [5.74, 6) is 0.163. The van der Waals surface area contributed by atoms with Gasteiger partial charge in [-0.15, -0.1) is 0 Å². The Morgan fingerprint density at radius 2 is 2.33 bits per heavy atom. The van der Waals surface area contributed by atoms with Crippen LogP contribution in [0.4, 0.5) is 10.7 Å². The van der Waals surface area contributed by atoms with Gasteiger partial charge in [0.1, 0.15) is 0 Å². The van der Waals surface area contributed by atoms with Crippen molar-refractivity contribution in [2.24, 2.45) is 5.92 Å². The minimum atomic E-state index is -0.469. The molecule has 0 saturated carbocycles. The predicted molar refractivity (Wildman–Crippen MR) is 59.1 cm³/mol. The highest BCUT2D eigenvalue weighted by molar-refractivity contribution is 7.13. The van der Waals surface area contributed by atoms with Crippen molar-refractivity contribution in [3.63, 3.8) is 0 Å². The van der Waals surface area contributed by atoms with Gasteiger partial charge in [0.2, 0.25) is 5.91 Å². The minimum absolute atomic E-state index is 0.0369. The van der Waals surface area contributed by atoms with E-state index < -0.39 is 4.92 Å². The second-order valence-corrected chi connectivity index (χ2v) is 4.47. The van der Waals surface area contributed by atoms with Gasteiger partial charge in [-0.25, -0.2) is 0 Å². The number of carbonyl (C=O) groups excluding carboxylic acids is 1. The number of hydrogen-bond donors (Lipinski definition) is 1. The SMILES string of the molecule is CC(C)CC(=O)Nc1csc([N+](=O)[O-])c1. The number of carbonyl (C=O) groups is 1. The Morgan fingerprint density at radius 1 is 1.67 bits per heavy atom. The third-order valence-electron chi connectivity index (χ3n) is 1.64. The topological polar surface area (TPSA) is 72.2 Å². The molecule has 0 aliphatic carbocycles. The Morgan fingerprint density at radius 3 is 2.80 bits per heavy atom. The van der Waals surface area contributed by atoms with Crippen molar-refractivity contribution in [3.05, 3.63) is 21.6 Å². The molecule has 1 amide bonds. The van der Waals surface area contributed by atoms with Crippen LogP contribution in [0.15, 0.2) is 11.4 Å². The van der Waals surface area contributed by atoms with E-state index in [1.54, 1.807) is 5.38 Å². The summed E-state index contributed by atoms with van der Waals surface area (Å²) in [6.45, 7) is 3.88. The molecule has 5 nitrogen and oxygen atoms in total. The van der Waals surface area contributed by atoms with E-state index in [0.29, 0.717) is 12.1 Å². The van der Waals surface area contributed by atoms with Crippen molar-refractivity contribution < 1.29 is 9.72 Å². The lowest BCUT2D eigenvalue weighted by Crippen LogP contribution is -2.13. The van der Waals surface area contributed by atoms with Gasteiger partial charge in [-0.3, -0.25) is 14.9 Å². The van der Waals surface area contributed by atoms with E-state index in [2.05, 4.69) is 5.32 Å². The Hall–Kier alpha value is -1.43. The van der Waals surface area contributed by atoms with Gasteiger partial charge in [-0.1, -0.05) is 25.2 Å². The standard InChI is InChI=1S/C9H12N2O3S/c1-6(2)3-8(12)10-7-4-9(11(13)14)15-5-7/h4-6H,3H2,1-2H3,(H,10,12). The first-order chi connectivity index (χ1) is 6.99. The summed E-state index contributed by atoms with van der Waals surface area (Å²) in [4.78, 5) is 21.2. The lowest BCUT2D eigenvalue weighted by Gasteiger charge is -2.04. The molecule has 0 saturated heterocycles. The Bertz CT molecular complexity index is 373. The van der Waals surface area contributed by atoms with Gasteiger partial charge in [-0.2, -0.15) is 0 Å². The van der Waals surface area contributed by atoms with Gasteiger partial charge in [0.25, 0.3) is 0 Å². The van der Waals surface area contributed by atoms with Crippen LogP contribution < -0.4 is 5.32 Å². The van der Waals surface area contributed by atoms with Gasteiger partial charge in [0.15, 0.2) is 0 Å². The minimum Gasteiger partial charge on any atom is -0.325 e. The van der Waals surface area contributed by atoms with Crippen LogP contribution in [-0.4, -0.2) is 10.8 Å². The zero-order valence-corrected chi connectivity index (χ0v) is 9.34. The third-order valence-corrected chi connectivity index (χ3v) is 2.52. The maximum atomic E-state index is 11.3. The van der Waals surface area contributed by atoms with Gasteiger partial charge in [0.05, 0.1) is 16.7 Å². The fourth-order valence-electron chi connectivity index (χ4n) is 1.07. The fraction of sp³-hybridized carbons (Fsp3) is 0.444. The number of hydrogen-bond acceptors (Lipinski definition) is 4. The molecule has 0 aromatic carbocycles. The number of thiophene rings is 1. The largest absolute Gasteiger partial charge is 0.326 e. The molecule has 0 aliphatic heterocycles. The van der Waals surface area contributed by atoms with Crippen molar-refractivity contribution in [2.75, 3.05) is 5.32 Å². The molecule has 1 rings (SSSR count). The highest BCUT2D eigenvalue weighted by Gasteiger charge is 2.11. The van der Waals surface area contributed by atoms with Crippen LogP contribution in [0.1, 0.15) is 20.3 Å². The van der Waals surface area contributed by atoms with E-state index in [-0.39, 0.29) is 16.8 Å². The molecule has 0 spiro atoms. The molecule has 1 heterocycles. The van der Waals surface area contributed by atoms with Crippen LogP contribution in [0.3, 0.4) is 0 Å². The molecule has 1 N–H and O–H groups in total. The third kappa shape index (κ3) is 3.67. The Labute approximate surface area is 91.3 Å². The van der Waals surface area contributed by atoms with Crippen LogP contribution in [0, 0.1) is 16.0 Å². The van der Waals surface area contributed by atoms with Gasteiger partial charge >= 0.3 is 5.00 Å². The van der Waals surface area contributed by atoms with Crippen LogP contribution in [0.25, 0.3) is 0 Å². The van der Waals surface area contributed by atoms with Crippen molar-refractivity contribution in [3.8, 4) is 0 Å². The number of nitrogens with zero attached hydrogens (tertiary/aromatic N) is 1. The summed E-state index contributed by atoms with van der Waals surface area (Å²) in [7, 11) is 0. The van der Waals surface area contributed by atoms with Crippen molar-refractivity contribution in [1.82, 2.24) is 0 Å². The number of rotatable bonds is 4. The van der Waals surface area contributed by atoms with Crippen LogP contribution in [0.2, 0.25) is 0 Å². The molecule has 6 heteroatoms. The highest BCUT2D eigenvalue weighted by atomic mass is 32.1. The molecule has 0 fully saturated rings. The normalized spacial score (nSPS) is 10.3. The predicted octanol–water partition coefficient (Wildman–Crippen LogP) is 2.64. The van der Waals surface area contributed by atoms with Gasteiger partial charge in [-0.05, 0) is 5.92 Å². The molecule has 0 aliphatic rings. The smallest absolute Gasteiger partial charge is 0.325 e. The van der Waals surface area contributed by atoms with E-state index in [1.165, 1.54) is 6.07 Å². The Balaban J connectivity index is 2.57. The van der Waals surface area contributed by atoms with Crippen molar-refractivity contribution in [1.29, 1.82) is 0 Å². The first-order valence-electron chi connectivity index (χ1n) is 4.52.